The molecule has 0 fully saturated rings. The van der Waals surface area contributed by atoms with Gasteiger partial charge in [0.1, 0.15) is 18.1 Å². The lowest BCUT2D eigenvalue weighted by molar-refractivity contribution is -0.143. The van der Waals surface area contributed by atoms with Gasteiger partial charge in [-0.25, -0.2) is 4.79 Å². The molecule has 12 heteroatoms. The van der Waals surface area contributed by atoms with Crippen molar-refractivity contribution < 1.29 is 39.3 Å². The van der Waals surface area contributed by atoms with Gasteiger partial charge in [0.05, 0.1) is 12.6 Å². The second-order valence-corrected chi connectivity index (χ2v) is 6.74. The van der Waals surface area contributed by atoms with E-state index in [1.807, 2.05) is 0 Å². The predicted octanol–water partition coefficient (Wildman–Crippen LogP) is -2.22. The number of amides is 3. The van der Waals surface area contributed by atoms with Gasteiger partial charge in [0.25, 0.3) is 0 Å². The standard InChI is InChI=1S/C17H30N4O8/c1-4-8(2)13(16(27)19-10(17(28)29)5-6-12(23)24)21-15(26)11(7-22)20-14(25)9(3)18/h8-11,13,22H,4-7,18H2,1-3H3,(H,19,27)(H,20,25)(H,21,26)(H,23,24)(H,28,29). The molecule has 0 saturated carbocycles. The zero-order valence-electron chi connectivity index (χ0n) is 16.7. The number of nitrogens with two attached hydrogens (primary N) is 1. The third-order valence-electron chi connectivity index (χ3n) is 4.28. The van der Waals surface area contributed by atoms with E-state index in [-0.39, 0.29) is 6.42 Å². The average Bonchev–Trinajstić information content (AvgIpc) is 2.65. The van der Waals surface area contributed by atoms with Crippen LogP contribution in [0, 0.1) is 5.92 Å². The maximum Gasteiger partial charge on any atom is 0.326 e. The molecule has 5 unspecified atom stereocenters. The third-order valence-corrected chi connectivity index (χ3v) is 4.28. The maximum absolute atomic E-state index is 12.6. The predicted molar refractivity (Wildman–Crippen MR) is 100 cm³/mol. The van der Waals surface area contributed by atoms with Gasteiger partial charge in [-0.3, -0.25) is 19.2 Å². The van der Waals surface area contributed by atoms with E-state index in [0.717, 1.165) is 0 Å². The summed E-state index contributed by atoms with van der Waals surface area (Å²) in [5, 5.41) is 34.1. The monoisotopic (exact) mass is 418 g/mol. The minimum atomic E-state index is -1.45. The van der Waals surface area contributed by atoms with Crippen LogP contribution >= 0.6 is 0 Å². The number of aliphatic hydroxyl groups is 1. The van der Waals surface area contributed by atoms with E-state index in [9.17, 15) is 34.2 Å². The van der Waals surface area contributed by atoms with Crippen LogP contribution < -0.4 is 21.7 Å². The highest BCUT2D eigenvalue weighted by atomic mass is 16.4. The number of carbonyl (C=O) groups excluding carboxylic acids is 3. The lowest BCUT2D eigenvalue weighted by atomic mass is 9.97. The molecule has 0 saturated heterocycles. The summed E-state index contributed by atoms with van der Waals surface area (Å²) >= 11 is 0. The first-order chi connectivity index (χ1) is 13.4. The third kappa shape index (κ3) is 9.34. The topological polar surface area (TPSA) is 208 Å². The van der Waals surface area contributed by atoms with Crippen molar-refractivity contribution in [2.45, 2.75) is 64.2 Å². The molecule has 166 valence electrons. The van der Waals surface area contributed by atoms with Crippen LogP contribution in [0.25, 0.3) is 0 Å². The van der Waals surface area contributed by atoms with Crippen molar-refractivity contribution in [1.82, 2.24) is 16.0 Å². The Morgan fingerprint density at radius 1 is 0.897 bits per heavy atom. The second kappa shape index (κ2) is 12.7. The summed E-state index contributed by atoms with van der Waals surface area (Å²) in [5.41, 5.74) is 5.40. The van der Waals surface area contributed by atoms with Crippen LogP contribution in [-0.4, -0.2) is 75.8 Å². The van der Waals surface area contributed by atoms with E-state index in [2.05, 4.69) is 16.0 Å². The molecule has 0 aromatic carbocycles. The zero-order valence-corrected chi connectivity index (χ0v) is 16.7. The van der Waals surface area contributed by atoms with Crippen LogP contribution in [0.15, 0.2) is 0 Å². The number of rotatable bonds is 13. The van der Waals surface area contributed by atoms with Gasteiger partial charge in [-0.15, -0.1) is 0 Å². The van der Waals surface area contributed by atoms with E-state index in [4.69, 9.17) is 10.8 Å². The number of aliphatic carboxylic acids is 2. The van der Waals surface area contributed by atoms with Crippen molar-refractivity contribution in [2.24, 2.45) is 11.7 Å². The lowest BCUT2D eigenvalue weighted by Gasteiger charge is -2.27. The molecular weight excluding hydrogens is 388 g/mol. The van der Waals surface area contributed by atoms with Gasteiger partial charge in [-0.2, -0.15) is 0 Å². The van der Waals surface area contributed by atoms with E-state index in [1.165, 1.54) is 6.92 Å². The number of aliphatic hydroxyl groups excluding tert-OH is 1. The Balaban J connectivity index is 5.29. The minimum absolute atomic E-state index is 0.332. The maximum atomic E-state index is 12.6. The SMILES string of the molecule is CCC(C)C(NC(=O)C(CO)NC(=O)C(C)N)C(=O)NC(CCC(=O)O)C(=O)O. The summed E-state index contributed by atoms with van der Waals surface area (Å²) in [5.74, 6) is -5.39. The highest BCUT2D eigenvalue weighted by Crippen LogP contribution is 2.10. The van der Waals surface area contributed by atoms with E-state index in [0.29, 0.717) is 6.42 Å². The van der Waals surface area contributed by atoms with Crippen molar-refractivity contribution in [3.05, 3.63) is 0 Å². The van der Waals surface area contributed by atoms with Gasteiger partial charge in [0.15, 0.2) is 0 Å². The molecule has 0 spiro atoms. The molecule has 12 nitrogen and oxygen atoms in total. The van der Waals surface area contributed by atoms with Gasteiger partial charge in [-0.05, 0) is 19.3 Å². The zero-order chi connectivity index (χ0) is 22.7. The number of nitrogens with one attached hydrogen (secondary N) is 3. The van der Waals surface area contributed by atoms with Crippen molar-refractivity contribution in [3.8, 4) is 0 Å². The van der Waals surface area contributed by atoms with E-state index in [1.54, 1.807) is 13.8 Å². The van der Waals surface area contributed by atoms with Gasteiger partial charge in [0, 0.05) is 6.42 Å². The highest BCUT2D eigenvalue weighted by molar-refractivity contribution is 5.94. The van der Waals surface area contributed by atoms with Crippen LogP contribution in [0.5, 0.6) is 0 Å². The van der Waals surface area contributed by atoms with Crippen LogP contribution in [0.3, 0.4) is 0 Å². The molecule has 0 rings (SSSR count). The molecule has 0 bridgehead atoms. The first-order valence-electron chi connectivity index (χ1n) is 9.16. The minimum Gasteiger partial charge on any atom is -0.481 e. The normalized spacial score (nSPS) is 15.9. The Morgan fingerprint density at radius 2 is 1.45 bits per heavy atom. The van der Waals surface area contributed by atoms with Gasteiger partial charge in [0.2, 0.25) is 17.7 Å². The van der Waals surface area contributed by atoms with Crippen molar-refractivity contribution in [1.29, 1.82) is 0 Å². The van der Waals surface area contributed by atoms with Crippen LogP contribution in [0.1, 0.15) is 40.0 Å². The van der Waals surface area contributed by atoms with Gasteiger partial charge >= 0.3 is 11.9 Å². The van der Waals surface area contributed by atoms with Crippen LogP contribution in [0.2, 0.25) is 0 Å². The number of carboxylic acid groups (broad SMARTS) is 2. The average molecular weight is 418 g/mol. The summed E-state index contributed by atoms with van der Waals surface area (Å²) < 4.78 is 0. The van der Waals surface area contributed by atoms with E-state index >= 15 is 0 Å². The number of carboxylic acids is 2. The number of hydrogen-bond acceptors (Lipinski definition) is 7. The fourth-order valence-corrected chi connectivity index (χ4v) is 2.24. The first-order valence-corrected chi connectivity index (χ1v) is 9.16. The van der Waals surface area contributed by atoms with Crippen molar-refractivity contribution in [2.75, 3.05) is 6.61 Å². The molecule has 0 radical (unpaired) electrons. The summed E-state index contributed by atoms with van der Waals surface area (Å²) in [6.45, 7) is 4.04. The highest BCUT2D eigenvalue weighted by Gasteiger charge is 2.32. The summed E-state index contributed by atoms with van der Waals surface area (Å²) in [6.07, 6.45) is -0.351. The van der Waals surface area contributed by atoms with Crippen LogP contribution in [0.4, 0.5) is 0 Å². The summed E-state index contributed by atoms with van der Waals surface area (Å²) in [6, 6.07) is -4.89. The lowest BCUT2D eigenvalue weighted by Crippen LogP contribution is -2.59. The first kappa shape index (κ1) is 26.3. The fraction of sp³-hybridized carbons (Fsp3) is 0.706. The quantitative estimate of drug-likeness (QED) is 0.172. The molecular formula is C17H30N4O8. The molecule has 5 atom stereocenters. The van der Waals surface area contributed by atoms with E-state index < -0.39 is 72.8 Å². The molecule has 0 heterocycles. The van der Waals surface area contributed by atoms with Gasteiger partial charge < -0.3 is 37.0 Å². The Kier molecular flexibility index (Phi) is 11.5. The largest absolute Gasteiger partial charge is 0.481 e. The smallest absolute Gasteiger partial charge is 0.326 e. The van der Waals surface area contributed by atoms with Crippen molar-refractivity contribution >= 4 is 29.7 Å². The number of hydrogen-bond donors (Lipinski definition) is 7. The second-order valence-electron chi connectivity index (χ2n) is 6.74. The molecule has 29 heavy (non-hydrogen) atoms. The Bertz CT molecular complexity index is 610. The summed E-state index contributed by atoms with van der Waals surface area (Å²) in [4.78, 5) is 58.6. The molecule has 0 aromatic heterocycles. The Morgan fingerprint density at radius 3 is 1.86 bits per heavy atom. The summed E-state index contributed by atoms with van der Waals surface area (Å²) in [7, 11) is 0. The van der Waals surface area contributed by atoms with Crippen molar-refractivity contribution in [3.63, 3.8) is 0 Å². The van der Waals surface area contributed by atoms with Gasteiger partial charge in [-0.1, -0.05) is 20.3 Å². The Hall–Kier alpha value is -2.73. The number of carbonyl (C=O) groups is 5. The fourth-order valence-electron chi connectivity index (χ4n) is 2.24. The molecule has 8 N–H and O–H groups in total. The molecule has 0 aliphatic heterocycles. The van der Waals surface area contributed by atoms with Crippen LogP contribution in [-0.2, 0) is 24.0 Å². The molecule has 0 aromatic rings. The molecule has 0 aliphatic carbocycles. The molecule has 0 aliphatic rings. The Labute approximate surface area is 168 Å². The molecule has 3 amide bonds.